The summed E-state index contributed by atoms with van der Waals surface area (Å²) in [7, 11) is 0. The van der Waals surface area contributed by atoms with Gasteiger partial charge < -0.3 is 37.2 Å². The maximum absolute atomic E-state index is 12.8. The quantitative estimate of drug-likeness (QED) is 0.0525. The number of nitrogens with one attached hydrogen (secondary N) is 6. The smallest absolute Gasteiger partial charge is 0.328 e. The van der Waals surface area contributed by atoms with Crippen molar-refractivity contribution in [3.63, 3.8) is 0 Å². The summed E-state index contributed by atoms with van der Waals surface area (Å²) in [5, 5.41) is 33.1. The molecule has 2 unspecified atom stereocenters. The van der Waals surface area contributed by atoms with Gasteiger partial charge >= 0.3 is 11.9 Å². The minimum absolute atomic E-state index is 0.0201. The molecule has 2 heterocycles. The number of aromatic amines is 1. The molecule has 0 aliphatic heterocycles. The summed E-state index contributed by atoms with van der Waals surface area (Å²) in [4.78, 5) is 99.3. The van der Waals surface area contributed by atoms with Crippen molar-refractivity contribution in [2.45, 2.75) is 57.7 Å². The fraction of sp³-hybridized carbons (Fsp3) is 0.387. The normalized spacial score (nSPS) is 12.3. The minimum Gasteiger partial charge on any atom is -0.480 e. The zero-order chi connectivity index (χ0) is 38.2. The average molecular weight is 742 g/mol. The van der Waals surface area contributed by atoms with Crippen LogP contribution in [0.25, 0.3) is 11.2 Å². The lowest BCUT2D eigenvalue weighted by Gasteiger charge is -2.17. The van der Waals surface area contributed by atoms with Crippen LogP contribution in [-0.4, -0.2) is 102 Å². The largest absolute Gasteiger partial charge is 0.480 e. The lowest BCUT2D eigenvalue weighted by Crippen LogP contribution is -2.49. The molecule has 0 saturated heterocycles. The first-order valence-electron chi connectivity index (χ1n) is 15.7. The van der Waals surface area contributed by atoms with Gasteiger partial charge in [-0.3, -0.25) is 29.0 Å². The van der Waals surface area contributed by atoms with Crippen molar-refractivity contribution < 1.29 is 39.0 Å². The number of thioether (sulfide) groups is 1. The van der Waals surface area contributed by atoms with Crippen LogP contribution in [0.15, 0.2) is 40.4 Å². The van der Waals surface area contributed by atoms with Gasteiger partial charge in [-0.2, -0.15) is 21.8 Å². The van der Waals surface area contributed by atoms with Crippen LogP contribution < -0.4 is 38.0 Å². The highest BCUT2D eigenvalue weighted by molar-refractivity contribution is 7.98. The maximum Gasteiger partial charge on any atom is 0.328 e. The van der Waals surface area contributed by atoms with Crippen LogP contribution in [-0.2, 0) is 30.5 Å². The molecule has 0 aliphatic carbocycles. The minimum atomic E-state index is -1.50. The van der Waals surface area contributed by atoms with E-state index in [4.69, 9.17) is 5.73 Å². The first-order valence-corrected chi connectivity index (χ1v) is 17.1. The van der Waals surface area contributed by atoms with Crippen molar-refractivity contribution in [3.8, 4) is 0 Å². The van der Waals surface area contributed by atoms with Gasteiger partial charge in [-0.05, 0) is 50.3 Å². The van der Waals surface area contributed by atoms with Gasteiger partial charge in [0.05, 0.1) is 18.4 Å². The Morgan fingerprint density at radius 1 is 0.923 bits per heavy atom. The van der Waals surface area contributed by atoms with Gasteiger partial charge in [-0.25, -0.2) is 25.0 Å². The Morgan fingerprint density at radius 3 is 2.31 bits per heavy atom. The number of amides is 4. The van der Waals surface area contributed by atoms with E-state index in [-0.39, 0.29) is 54.4 Å². The topological polar surface area (TPSA) is 313 Å². The summed E-state index contributed by atoms with van der Waals surface area (Å²) in [6.07, 6.45) is 2.95. The number of aromatic nitrogens is 4. The summed E-state index contributed by atoms with van der Waals surface area (Å²) in [6, 6.07) is 3.04. The first kappa shape index (κ1) is 40.3. The Balaban J connectivity index is 1.44. The summed E-state index contributed by atoms with van der Waals surface area (Å²) < 4.78 is 0. The number of benzene rings is 1. The second kappa shape index (κ2) is 19.9. The summed E-state index contributed by atoms with van der Waals surface area (Å²) in [5.41, 5.74) is 9.10. The van der Waals surface area contributed by atoms with E-state index in [0.717, 1.165) is 0 Å². The molecule has 2 aromatic heterocycles. The number of aliphatic carboxylic acids is 2. The standard InChI is InChI=1S/C31H39N11O9S/c1-16(41-42-24(45)11-12-52-2)3-9-22(43)34-15-21(30(50)51)37-23(44)10-8-20(29(48)49)38-27(46)17-4-6-18(7-5-17)33-13-19-14-35-26-25(36-19)28(47)40-31(32)39-26/h4-7,14,20-21,33H,3,8-13,15H2,1-2H3,(H,34,43)(H,37,44)(H,38,46)(H,42,45)(H,48,49)(H,50,51)(H3,32,35,39,40,47)/b41-16+. The number of hydrogen-bond donors (Lipinski definition) is 9. The number of hydrogen-bond acceptors (Lipinski definition) is 14. The molecule has 52 heavy (non-hydrogen) atoms. The van der Waals surface area contributed by atoms with Gasteiger partial charge in [0.1, 0.15) is 12.1 Å². The number of nitrogens with zero attached hydrogens (tertiary/aromatic N) is 4. The van der Waals surface area contributed by atoms with E-state index in [1.807, 2.05) is 6.26 Å². The third-order valence-electron chi connectivity index (χ3n) is 7.13. The summed E-state index contributed by atoms with van der Waals surface area (Å²) >= 11 is 1.52. The molecule has 0 spiro atoms. The fourth-order valence-electron chi connectivity index (χ4n) is 4.29. The van der Waals surface area contributed by atoms with Crippen molar-refractivity contribution in [1.82, 2.24) is 41.3 Å². The molecule has 1 aromatic carbocycles. The van der Waals surface area contributed by atoms with E-state index < -0.39 is 60.3 Å². The molecular formula is C31H39N11O9S. The maximum atomic E-state index is 12.8. The number of nitrogens with two attached hydrogens (primary N) is 1. The van der Waals surface area contributed by atoms with Gasteiger partial charge in [-0.1, -0.05) is 0 Å². The molecule has 20 nitrogen and oxygen atoms in total. The highest BCUT2D eigenvalue weighted by atomic mass is 32.2. The number of hydrazone groups is 1. The first-order chi connectivity index (χ1) is 24.7. The van der Waals surface area contributed by atoms with Crippen molar-refractivity contribution >= 4 is 75.8 Å². The van der Waals surface area contributed by atoms with Crippen LogP contribution in [0, 0.1) is 0 Å². The Hall–Kier alpha value is -6.12. The van der Waals surface area contributed by atoms with E-state index in [2.05, 4.69) is 51.7 Å². The monoisotopic (exact) mass is 741 g/mol. The number of carbonyl (C=O) groups excluding carboxylic acids is 4. The molecule has 3 rings (SSSR count). The van der Waals surface area contributed by atoms with Crippen molar-refractivity contribution in [3.05, 3.63) is 52.1 Å². The molecule has 278 valence electrons. The zero-order valence-corrected chi connectivity index (χ0v) is 29.0. The molecule has 0 saturated carbocycles. The van der Waals surface area contributed by atoms with Crippen LogP contribution in [0.3, 0.4) is 0 Å². The van der Waals surface area contributed by atoms with Crippen LogP contribution in [0.4, 0.5) is 11.6 Å². The Kier molecular flexibility index (Phi) is 15.4. The lowest BCUT2D eigenvalue weighted by atomic mass is 10.1. The molecule has 0 radical (unpaired) electrons. The number of carbonyl (C=O) groups is 6. The summed E-state index contributed by atoms with van der Waals surface area (Å²) in [6.45, 7) is 1.36. The van der Waals surface area contributed by atoms with Gasteiger partial charge in [0, 0.05) is 48.5 Å². The van der Waals surface area contributed by atoms with E-state index in [9.17, 15) is 43.8 Å². The van der Waals surface area contributed by atoms with Crippen LogP contribution in [0.2, 0.25) is 0 Å². The lowest BCUT2D eigenvalue weighted by molar-refractivity contribution is -0.142. The molecule has 0 aliphatic rings. The third-order valence-corrected chi connectivity index (χ3v) is 7.74. The number of carboxylic acid groups (broad SMARTS) is 2. The fourth-order valence-corrected chi connectivity index (χ4v) is 4.68. The second-order valence-corrected chi connectivity index (χ2v) is 12.2. The van der Waals surface area contributed by atoms with E-state index >= 15 is 0 Å². The SMILES string of the molecule is CSCCC(=O)N/N=C(\C)CCC(=O)NCC(NC(=O)CCC(NC(=O)c1ccc(NCc2cnc3nc(N)[nH]c(=O)c3n2)cc1)C(=O)O)C(=O)O. The number of rotatable bonds is 20. The molecule has 10 N–H and O–H groups in total. The average Bonchev–Trinajstić information content (AvgIpc) is 3.11. The number of fused-ring (bicyclic) bond motifs is 1. The van der Waals surface area contributed by atoms with E-state index in [0.29, 0.717) is 29.3 Å². The van der Waals surface area contributed by atoms with Crippen molar-refractivity contribution in [2.75, 3.05) is 29.6 Å². The third kappa shape index (κ3) is 13.3. The highest BCUT2D eigenvalue weighted by Gasteiger charge is 2.25. The van der Waals surface area contributed by atoms with Crippen LogP contribution >= 0.6 is 11.8 Å². The van der Waals surface area contributed by atoms with Gasteiger partial charge in [0.15, 0.2) is 11.2 Å². The number of H-pyrrole nitrogens is 1. The molecule has 0 fully saturated rings. The van der Waals surface area contributed by atoms with E-state index in [1.165, 1.54) is 30.1 Å². The Labute approximate surface area is 300 Å². The molecule has 2 atom stereocenters. The predicted molar refractivity (Wildman–Crippen MR) is 190 cm³/mol. The number of anilines is 2. The zero-order valence-electron chi connectivity index (χ0n) is 28.2. The molecule has 3 aromatic rings. The Bertz CT molecular complexity index is 1870. The number of carboxylic acids is 2. The van der Waals surface area contributed by atoms with Gasteiger partial charge in [0.25, 0.3) is 11.5 Å². The van der Waals surface area contributed by atoms with Crippen molar-refractivity contribution in [2.24, 2.45) is 5.10 Å². The van der Waals surface area contributed by atoms with Crippen LogP contribution in [0.5, 0.6) is 0 Å². The van der Waals surface area contributed by atoms with Crippen molar-refractivity contribution in [1.29, 1.82) is 0 Å². The van der Waals surface area contributed by atoms with Gasteiger partial charge in [0.2, 0.25) is 23.7 Å². The second-order valence-electron chi connectivity index (χ2n) is 11.2. The summed E-state index contributed by atoms with van der Waals surface area (Å²) in [5.74, 6) is -4.58. The van der Waals surface area contributed by atoms with Crippen LogP contribution in [0.1, 0.15) is 55.1 Å². The molecule has 0 bridgehead atoms. The molecule has 21 heteroatoms. The molecular weight excluding hydrogens is 702 g/mol. The van der Waals surface area contributed by atoms with Gasteiger partial charge in [-0.15, -0.1) is 0 Å². The molecule has 4 amide bonds. The Morgan fingerprint density at radius 2 is 1.63 bits per heavy atom. The highest BCUT2D eigenvalue weighted by Crippen LogP contribution is 2.12. The predicted octanol–water partition coefficient (Wildman–Crippen LogP) is -0.418. The number of nitrogen functional groups attached to an aromatic ring is 1. The van der Waals surface area contributed by atoms with E-state index in [1.54, 1.807) is 19.1 Å².